The average molecular weight is 1380 g/mol. The summed E-state index contributed by atoms with van der Waals surface area (Å²) < 4.78 is 429. The highest BCUT2D eigenvalue weighted by Crippen LogP contribution is 2.36. The monoisotopic (exact) mass is 1380 g/mol. The minimum absolute atomic E-state index is 0.0177. The van der Waals surface area contributed by atoms with Crippen LogP contribution < -0.4 is 11.1 Å². The molecule has 0 fully saturated rings. The molecule has 0 saturated heterocycles. The summed E-state index contributed by atoms with van der Waals surface area (Å²) in [5, 5.41) is -1.61. The zero-order chi connectivity index (χ0) is 101. The van der Waals surface area contributed by atoms with Crippen LogP contribution in [0.1, 0.15) is 153 Å². The SMILES string of the molecule is [2H]c1c([2H])c(-c2c([2H])c([2H])c(C(F)(F)F)c(C)c2[2H])c([2H])c([2H])c1CN(C(=O)Cn1c(SC([2H])([2H])c2ccc(F)cc2)nc(=O)c2c1C([2H])([2H])C([2H])([2H])C2([2H])[2H])C([2H])([2H])C([2H])([2H])N(C([2H])([2H])C)C([2H])([2H])C.[2H]c1c([2H])c(C([2H])([2H])Sc2nc(=O)c3c(n2CC(=O)N(Cc2ccc(-c4ccc(C(F)(F)F)cc4)cc2)C([2H])([2H])C([2H])([2H])N(C([2H])([2H])C)C([2H])([2H])C)CCC3)c([2H])c([2H])c1F. The van der Waals surface area contributed by atoms with E-state index in [2.05, 4.69) is 9.97 Å². The lowest BCUT2D eigenvalue weighted by Crippen LogP contribution is -2.40. The summed E-state index contributed by atoms with van der Waals surface area (Å²) in [4.78, 5) is 64.1. The predicted molar refractivity (Wildman–Crippen MR) is 358 cm³/mol. The van der Waals surface area contributed by atoms with Gasteiger partial charge >= 0.3 is 12.4 Å². The highest BCUT2D eigenvalue weighted by atomic mass is 32.2. The molecule has 0 spiro atoms. The van der Waals surface area contributed by atoms with E-state index in [1.165, 1.54) is 36.4 Å². The quantitative estimate of drug-likeness (QED) is 0.0295. The van der Waals surface area contributed by atoms with Gasteiger partial charge in [0, 0.05) is 103 Å². The summed E-state index contributed by atoms with van der Waals surface area (Å²) >= 11 is -0.0120. The van der Waals surface area contributed by atoms with Gasteiger partial charge in [0.15, 0.2) is 10.3 Å². The van der Waals surface area contributed by atoms with Crippen molar-refractivity contribution in [3.8, 4) is 22.3 Å². The summed E-state index contributed by atoms with van der Waals surface area (Å²) in [5.74, 6) is -5.55. The first-order valence-corrected chi connectivity index (χ1v) is 29.7. The van der Waals surface area contributed by atoms with Crippen LogP contribution in [-0.4, -0.2) is 102 Å². The van der Waals surface area contributed by atoms with E-state index in [0.717, 1.165) is 61.7 Å². The molecule has 2 heterocycles. The van der Waals surface area contributed by atoms with Gasteiger partial charge in [-0.05, 0) is 164 Å². The Balaban J connectivity index is 0.000000300. The molecule has 0 atom stereocenters. The fraction of sp³-hybridized carbons (Fsp3) is 0.370. The van der Waals surface area contributed by atoms with Crippen LogP contribution in [0.5, 0.6) is 0 Å². The summed E-state index contributed by atoms with van der Waals surface area (Å²) in [6, 6.07) is -0.233. The lowest BCUT2D eigenvalue weighted by molar-refractivity contribution is -0.138. The number of carbonyl (C=O) groups is 2. The van der Waals surface area contributed by atoms with E-state index >= 15 is 4.79 Å². The van der Waals surface area contributed by atoms with Crippen molar-refractivity contribution in [2.24, 2.45) is 0 Å². The summed E-state index contributed by atoms with van der Waals surface area (Å²) in [6.07, 6.45) is -20.2. The molecular weight excluding hydrogens is 1270 g/mol. The smallest absolute Gasteiger partial charge is 0.336 e. The van der Waals surface area contributed by atoms with Gasteiger partial charge in [-0.15, -0.1) is 0 Å². The minimum Gasteiger partial charge on any atom is -0.336 e. The molecule has 2 aliphatic rings. The second-order valence-electron chi connectivity index (χ2n) is 19.9. The number of hydrogen-bond donors (Lipinski definition) is 0. The zero-order valence-electron chi connectivity index (χ0n) is 87.4. The Kier molecular flexibility index (Phi) is 12.7. The minimum atomic E-state index is -5.27. The molecule has 502 valence electrons. The summed E-state index contributed by atoms with van der Waals surface area (Å²) in [6.45, 7) is -29.4. The van der Waals surface area contributed by atoms with Crippen molar-refractivity contribution in [2.75, 3.05) is 52.0 Å². The van der Waals surface area contributed by atoms with E-state index in [0.29, 0.717) is 36.3 Å². The van der Waals surface area contributed by atoms with Crippen LogP contribution in [0, 0.1) is 18.6 Å². The number of halogens is 8. The lowest BCUT2D eigenvalue weighted by atomic mass is 9.98. The third kappa shape index (κ3) is 19.0. The van der Waals surface area contributed by atoms with Crippen molar-refractivity contribution in [3.05, 3.63) is 233 Å². The predicted octanol–water partition coefficient (Wildman–Crippen LogP) is 14.7. The van der Waals surface area contributed by atoms with E-state index in [9.17, 15) is 52.2 Å². The second kappa shape index (κ2) is 32.7. The largest absolute Gasteiger partial charge is 0.416 e. The van der Waals surface area contributed by atoms with Crippen molar-refractivity contribution in [1.29, 1.82) is 0 Å². The number of carbonyl (C=O) groups excluding carboxylic acids is 2. The number of alkyl halides is 6. The van der Waals surface area contributed by atoms with Crippen LogP contribution in [0.4, 0.5) is 35.1 Å². The molecule has 10 rings (SSSR count). The summed E-state index contributed by atoms with van der Waals surface area (Å²) in [7, 11) is 0. The number of thioether (sulfide) groups is 2. The molecule has 12 nitrogen and oxygen atoms in total. The zero-order valence-corrected chi connectivity index (χ0v) is 52.1. The van der Waals surface area contributed by atoms with E-state index < -0.39 is 283 Å². The maximum absolute atomic E-state index is 15.1. The normalized spacial score (nSPS) is 21.6. The van der Waals surface area contributed by atoms with Gasteiger partial charge < -0.3 is 28.7 Å². The van der Waals surface area contributed by atoms with E-state index in [-0.39, 0.29) is 78.0 Å². The maximum Gasteiger partial charge on any atom is 0.416 e. The fourth-order valence-corrected chi connectivity index (χ4v) is 10.4. The van der Waals surface area contributed by atoms with Crippen LogP contribution >= 0.6 is 23.5 Å². The lowest BCUT2D eigenvalue weighted by Gasteiger charge is -2.28. The molecule has 0 aliphatic heterocycles. The fourth-order valence-electron chi connectivity index (χ4n) is 8.98. The third-order valence-corrected chi connectivity index (χ3v) is 15.3. The molecule has 2 aromatic heterocycles. The standard InChI is InChI=1S/C37H40F4N4O2S.C36H38F4N4O2S/c1-4-43(5-2)19-20-44(22-26-9-13-28(14-10-26)29-15-18-32(25(3)21-29)37(39,40)41)34(46)23-45-33-8-6-7-31(33)35(47)42-36(45)48-24-27-11-16-30(38)17-12-27;1-3-42(4-2)20-21-43(22-25-8-12-27(13-9-25)28-14-16-29(17-15-28)36(38,39)40)33(45)23-44-32-7-5-6-31(32)34(46)41-35(44)47-24-26-10-18-30(37)19-11-26/h9-18,21H,4-8,19-20,22-24H2,1-3H3;8-19H,3-7,20-24H2,1-2H3/i4D2,5D2,6D2,7D2,8D2,9D,10D,13D,14D,15D,18D,19D2,20D2,21D,24D2;3D2,4D2,10D,11D,18D,19D,20D2,21D2,24D2. The van der Waals surface area contributed by atoms with Gasteiger partial charge in [-0.1, -0.05) is 148 Å². The Morgan fingerprint density at radius 2 is 1.04 bits per heavy atom. The number of hydrogen-bond acceptors (Lipinski definition) is 10. The number of aromatic nitrogens is 4. The second-order valence-corrected chi connectivity index (χ2v) is 21.4. The first-order valence-electron chi connectivity index (χ1n) is 46.5. The van der Waals surface area contributed by atoms with Gasteiger partial charge in [0.05, 0.1) is 31.7 Å². The average Bonchev–Trinajstić information content (AvgIpc) is 1.52. The van der Waals surface area contributed by atoms with Gasteiger partial charge in [-0.25, -0.2) is 8.78 Å². The maximum atomic E-state index is 15.1. The van der Waals surface area contributed by atoms with Crippen molar-refractivity contribution < 1.29 is 95.4 Å². The first kappa shape index (κ1) is 37.0. The number of rotatable bonds is 26. The first-order chi connectivity index (χ1) is 59.6. The summed E-state index contributed by atoms with van der Waals surface area (Å²) in [5.41, 5.74) is -17.7. The molecule has 2 aliphatic carbocycles. The number of likely N-dealkylation sites (N-methyl/N-ethyl adjacent to an activating group) is 2. The Hall–Kier alpha value is -7.92. The van der Waals surface area contributed by atoms with Gasteiger partial charge in [-0.3, -0.25) is 19.2 Å². The van der Waals surface area contributed by atoms with Crippen LogP contribution in [0.2, 0.25) is 0 Å². The van der Waals surface area contributed by atoms with E-state index in [4.69, 9.17) is 48.0 Å². The topological polar surface area (TPSA) is 117 Å². The third-order valence-electron chi connectivity index (χ3n) is 13.7. The number of fused-ring (bicyclic) bond motifs is 2. The van der Waals surface area contributed by atoms with Crippen molar-refractivity contribution in [2.45, 2.75) is 133 Å². The van der Waals surface area contributed by atoms with Crippen molar-refractivity contribution in [1.82, 2.24) is 38.7 Å². The molecule has 0 unspecified atom stereocenters. The Bertz CT molecular complexity index is 5880. The molecule has 95 heavy (non-hydrogen) atoms. The number of nitrogens with zero attached hydrogens (tertiary/aromatic N) is 8. The van der Waals surface area contributed by atoms with E-state index in [1.54, 1.807) is 0 Å². The van der Waals surface area contributed by atoms with Crippen LogP contribution in [0.3, 0.4) is 0 Å². The number of amides is 2. The highest BCUT2D eigenvalue weighted by Gasteiger charge is 2.33. The van der Waals surface area contributed by atoms with Gasteiger partial charge in [0.1, 0.15) is 24.7 Å². The Morgan fingerprint density at radius 3 is 1.59 bits per heavy atom. The highest BCUT2D eigenvalue weighted by molar-refractivity contribution is 7.98. The van der Waals surface area contributed by atoms with E-state index in [1.807, 2.05) is 0 Å². The van der Waals surface area contributed by atoms with Crippen LogP contribution in [-0.2, 0) is 85.1 Å². The Morgan fingerprint density at radius 1 is 0.547 bits per heavy atom. The molecule has 0 bridgehead atoms. The molecular formula is C73H78F8N8O4S2. The molecule has 2 amide bonds. The van der Waals surface area contributed by atoms with Crippen LogP contribution in [0.15, 0.2) is 159 Å². The molecule has 22 heteroatoms. The van der Waals surface area contributed by atoms with Crippen molar-refractivity contribution in [3.63, 3.8) is 0 Å². The van der Waals surface area contributed by atoms with Gasteiger partial charge in [0.2, 0.25) is 11.8 Å². The van der Waals surface area contributed by atoms with Crippen molar-refractivity contribution >= 4 is 35.3 Å². The molecule has 0 saturated carbocycles. The van der Waals surface area contributed by atoms with Crippen LogP contribution in [0.25, 0.3) is 22.3 Å². The molecule has 0 N–H and O–H groups in total. The Labute approximate surface area is 609 Å². The molecule has 8 aromatic rings. The van der Waals surface area contributed by atoms with Gasteiger partial charge in [0.25, 0.3) is 11.1 Å². The molecule has 6 aromatic carbocycles. The molecule has 0 radical (unpaired) electrons. The number of benzene rings is 6. The van der Waals surface area contributed by atoms with Gasteiger partial charge in [-0.2, -0.15) is 36.3 Å².